The highest BCUT2D eigenvalue weighted by Gasteiger charge is 2.25. The molecule has 0 unspecified atom stereocenters. The number of likely N-dealkylation sites (tertiary alicyclic amines) is 1. The van der Waals surface area contributed by atoms with Crippen LogP contribution in [-0.4, -0.2) is 49.7 Å². The number of nitrogens with zero attached hydrogens (tertiary/aromatic N) is 2. The Kier molecular flexibility index (Phi) is 5.46. The number of carbonyl (C=O) groups excluding carboxylic acids is 1. The Hall–Kier alpha value is -1.83. The van der Waals surface area contributed by atoms with Crippen molar-refractivity contribution in [1.82, 2.24) is 9.88 Å². The van der Waals surface area contributed by atoms with E-state index < -0.39 is 10.0 Å². The molecule has 23 heavy (non-hydrogen) atoms. The van der Waals surface area contributed by atoms with Gasteiger partial charge in [0.15, 0.2) is 0 Å². The van der Waals surface area contributed by atoms with Crippen molar-refractivity contribution >= 4 is 21.6 Å². The number of hydrogen-bond acceptors (Lipinski definition) is 5. The topological polar surface area (TPSA) is 88.6 Å². The molecule has 1 saturated heterocycles. The highest BCUT2D eigenvalue weighted by Crippen LogP contribution is 2.20. The molecule has 1 aliphatic rings. The molecule has 0 saturated carbocycles. The molecule has 0 bridgehead atoms. The molecule has 1 fully saturated rings. The Morgan fingerprint density at radius 1 is 1.35 bits per heavy atom. The second kappa shape index (κ2) is 7.16. The van der Waals surface area contributed by atoms with Crippen LogP contribution in [0, 0.1) is 5.92 Å². The van der Waals surface area contributed by atoms with Crippen LogP contribution < -0.4 is 9.46 Å². The summed E-state index contributed by atoms with van der Waals surface area (Å²) < 4.78 is 30.4. The number of piperidine rings is 1. The Bertz CT molecular complexity index is 635. The first kappa shape index (κ1) is 17.5. The molecule has 2 heterocycles. The van der Waals surface area contributed by atoms with Crippen LogP contribution >= 0.6 is 0 Å². The van der Waals surface area contributed by atoms with Crippen LogP contribution in [-0.2, 0) is 14.8 Å². The summed E-state index contributed by atoms with van der Waals surface area (Å²) >= 11 is 0. The van der Waals surface area contributed by atoms with Crippen LogP contribution in [0.1, 0.15) is 26.7 Å². The summed E-state index contributed by atoms with van der Waals surface area (Å²) in [6, 6.07) is 3.25. The summed E-state index contributed by atoms with van der Waals surface area (Å²) in [5.41, 5.74) is 0.400. The van der Waals surface area contributed by atoms with Crippen LogP contribution in [0.2, 0.25) is 0 Å². The predicted octanol–water partition coefficient (Wildman–Crippen LogP) is 1.48. The zero-order chi connectivity index (χ0) is 17.0. The molecule has 0 radical (unpaired) electrons. The molecule has 1 amide bonds. The Morgan fingerprint density at radius 2 is 2.00 bits per heavy atom. The lowest BCUT2D eigenvalue weighted by Gasteiger charge is -2.33. The van der Waals surface area contributed by atoms with Gasteiger partial charge in [-0.15, -0.1) is 0 Å². The van der Waals surface area contributed by atoms with Crippen molar-refractivity contribution in [3.63, 3.8) is 0 Å². The third-order valence-corrected chi connectivity index (χ3v) is 4.18. The van der Waals surface area contributed by atoms with Gasteiger partial charge in [-0.25, -0.2) is 13.4 Å². The van der Waals surface area contributed by atoms with Crippen LogP contribution in [0.5, 0.6) is 5.88 Å². The summed E-state index contributed by atoms with van der Waals surface area (Å²) in [6.45, 7) is 5.19. The second-order valence-electron chi connectivity index (χ2n) is 6.06. The molecule has 0 spiro atoms. The molecule has 7 nitrogen and oxygen atoms in total. The lowest BCUT2D eigenvalue weighted by atomic mass is 10.1. The molecular weight excluding hydrogens is 318 g/mol. The van der Waals surface area contributed by atoms with Crippen molar-refractivity contribution in [2.24, 2.45) is 5.92 Å². The number of anilines is 1. The van der Waals surface area contributed by atoms with Crippen molar-refractivity contribution in [1.29, 1.82) is 0 Å². The van der Waals surface area contributed by atoms with Crippen molar-refractivity contribution in [3.8, 4) is 5.88 Å². The molecule has 1 aliphatic heterocycles. The SMILES string of the molecule is CC(C)C(=O)N1CCC(Oc2ccc(NS(C)(=O)=O)cn2)CC1. The van der Waals surface area contributed by atoms with E-state index >= 15 is 0 Å². The highest BCUT2D eigenvalue weighted by atomic mass is 32.2. The van der Waals surface area contributed by atoms with E-state index in [9.17, 15) is 13.2 Å². The van der Waals surface area contributed by atoms with E-state index in [0.717, 1.165) is 19.1 Å². The van der Waals surface area contributed by atoms with Gasteiger partial charge in [-0.05, 0) is 6.07 Å². The highest BCUT2D eigenvalue weighted by molar-refractivity contribution is 7.92. The standard InChI is InChI=1S/C15H23N3O4S/c1-11(2)15(19)18-8-6-13(7-9-18)22-14-5-4-12(10-16-14)17-23(3,20)21/h4-5,10-11,13,17H,6-9H2,1-3H3. The van der Waals surface area contributed by atoms with Gasteiger partial charge in [0.05, 0.1) is 18.1 Å². The first-order valence-corrected chi connectivity index (χ1v) is 9.53. The molecule has 0 atom stereocenters. The zero-order valence-corrected chi connectivity index (χ0v) is 14.5. The van der Waals surface area contributed by atoms with Crippen molar-refractivity contribution in [2.45, 2.75) is 32.8 Å². The molecule has 0 aliphatic carbocycles. The normalized spacial score (nSPS) is 16.4. The maximum atomic E-state index is 11.9. The molecule has 8 heteroatoms. The number of nitrogens with one attached hydrogen (secondary N) is 1. The van der Waals surface area contributed by atoms with Gasteiger partial charge in [-0.3, -0.25) is 9.52 Å². The number of ether oxygens (including phenoxy) is 1. The minimum atomic E-state index is -3.31. The van der Waals surface area contributed by atoms with E-state index in [1.54, 1.807) is 12.1 Å². The van der Waals surface area contributed by atoms with E-state index in [2.05, 4.69) is 9.71 Å². The van der Waals surface area contributed by atoms with Crippen LogP contribution in [0.15, 0.2) is 18.3 Å². The van der Waals surface area contributed by atoms with Crippen molar-refractivity contribution < 1.29 is 17.9 Å². The molecule has 2 rings (SSSR count). The fourth-order valence-electron chi connectivity index (χ4n) is 2.45. The number of hydrogen-bond donors (Lipinski definition) is 1. The third kappa shape index (κ3) is 5.38. The molecule has 128 valence electrons. The lowest BCUT2D eigenvalue weighted by molar-refractivity contribution is -0.136. The fraction of sp³-hybridized carbons (Fsp3) is 0.600. The second-order valence-corrected chi connectivity index (χ2v) is 7.80. The Morgan fingerprint density at radius 3 is 2.48 bits per heavy atom. The number of sulfonamides is 1. The van der Waals surface area contributed by atoms with Gasteiger partial charge < -0.3 is 9.64 Å². The smallest absolute Gasteiger partial charge is 0.229 e. The summed E-state index contributed by atoms with van der Waals surface area (Å²) in [6.07, 6.45) is 4.07. The molecule has 1 N–H and O–H groups in total. The Labute approximate surface area is 137 Å². The van der Waals surface area contributed by atoms with E-state index in [4.69, 9.17) is 4.74 Å². The number of amides is 1. The number of carbonyl (C=O) groups is 1. The summed E-state index contributed by atoms with van der Waals surface area (Å²) in [5, 5.41) is 0. The number of pyridine rings is 1. The fourth-order valence-corrected chi connectivity index (χ4v) is 3.00. The molecule has 0 aromatic carbocycles. The summed E-state index contributed by atoms with van der Waals surface area (Å²) in [7, 11) is -3.31. The maximum absolute atomic E-state index is 11.9. The number of rotatable bonds is 5. The van der Waals surface area contributed by atoms with Crippen LogP contribution in [0.25, 0.3) is 0 Å². The minimum Gasteiger partial charge on any atom is -0.474 e. The lowest BCUT2D eigenvalue weighted by Crippen LogP contribution is -2.43. The summed E-state index contributed by atoms with van der Waals surface area (Å²) in [5.74, 6) is 0.652. The van der Waals surface area contributed by atoms with Gasteiger partial charge in [0.1, 0.15) is 6.10 Å². The molecule has 1 aromatic rings. The van der Waals surface area contributed by atoms with Gasteiger partial charge in [-0.1, -0.05) is 13.8 Å². The average Bonchev–Trinajstić information content (AvgIpc) is 2.48. The van der Waals surface area contributed by atoms with Gasteiger partial charge in [0.2, 0.25) is 21.8 Å². The van der Waals surface area contributed by atoms with Gasteiger partial charge in [-0.2, -0.15) is 0 Å². The molecule has 1 aromatic heterocycles. The van der Waals surface area contributed by atoms with Gasteiger partial charge in [0.25, 0.3) is 0 Å². The quantitative estimate of drug-likeness (QED) is 0.876. The van der Waals surface area contributed by atoms with Crippen molar-refractivity contribution in [2.75, 3.05) is 24.1 Å². The first-order chi connectivity index (χ1) is 10.7. The molecular formula is C15H23N3O4S. The van der Waals surface area contributed by atoms with E-state index in [1.165, 1.54) is 6.20 Å². The minimum absolute atomic E-state index is 0.0176. The maximum Gasteiger partial charge on any atom is 0.229 e. The van der Waals surface area contributed by atoms with E-state index in [1.807, 2.05) is 18.7 Å². The van der Waals surface area contributed by atoms with Crippen molar-refractivity contribution in [3.05, 3.63) is 18.3 Å². The zero-order valence-electron chi connectivity index (χ0n) is 13.7. The third-order valence-electron chi connectivity index (χ3n) is 3.57. The van der Waals surface area contributed by atoms with Gasteiger partial charge in [0, 0.05) is 37.9 Å². The largest absolute Gasteiger partial charge is 0.474 e. The number of aromatic nitrogens is 1. The van der Waals surface area contributed by atoms with E-state index in [0.29, 0.717) is 24.7 Å². The van der Waals surface area contributed by atoms with Crippen LogP contribution in [0.4, 0.5) is 5.69 Å². The average molecular weight is 341 g/mol. The monoisotopic (exact) mass is 341 g/mol. The van der Waals surface area contributed by atoms with Crippen LogP contribution in [0.3, 0.4) is 0 Å². The first-order valence-electron chi connectivity index (χ1n) is 7.64. The predicted molar refractivity (Wildman–Crippen MR) is 87.8 cm³/mol. The van der Waals surface area contributed by atoms with E-state index in [-0.39, 0.29) is 17.9 Å². The van der Waals surface area contributed by atoms with Gasteiger partial charge >= 0.3 is 0 Å². The summed E-state index contributed by atoms with van der Waals surface area (Å²) in [4.78, 5) is 17.9. The Balaban J connectivity index is 1.86.